The molecule has 5 nitrogen and oxygen atoms in total. The average Bonchev–Trinajstić information content (AvgIpc) is 2.57. The Kier molecular flexibility index (Phi) is 4.88. The molecule has 1 aromatic heterocycles. The van der Waals surface area contributed by atoms with Crippen molar-refractivity contribution in [1.29, 1.82) is 0 Å². The van der Waals surface area contributed by atoms with E-state index in [4.69, 9.17) is 0 Å². The van der Waals surface area contributed by atoms with Gasteiger partial charge in [-0.2, -0.15) is 0 Å². The number of halogens is 1. The SMILES string of the molecule is Cc1cc(F)ccc1NC(=O)CCCc1nc2ccccc2c(=O)[nH]1. The second-order valence-corrected chi connectivity index (χ2v) is 5.89. The first-order chi connectivity index (χ1) is 12.0. The van der Waals surface area contributed by atoms with Gasteiger partial charge in [0.2, 0.25) is 5.91 Å². The van der Waals surface area contributed by atoms with Gasteiger partial charge in [0.1, 0.15) is 11.6 Å². The van der Waals surface area contributed by atoms with Crippen molar-refractivity contribution < 1.29 is 9.18 Å². The molecule has 0 fully saturated rings. The minimum absolute atomic E-state index is 0.155. The van der Waals surface area contributed by atoms with E-state index in [0.717, 1.165) is 0 Å². The van der Waals surface area contributed by atoms with Crippen LogP contribution < -0.4 is 10.9 Å². The quantitative estimate of drug-likeness (QED) is 0.749. The van der Waals surface area contributed by atoms with Crippen molar-refractivity contribution in [2.45, 2.75) is 26.2 Å². The summed E-state index contributed by atoms with van der Waals surface area (Å²) in [5.41, 5.74) is 1.75. The van der Waals surface area contributed by atoms with E-state index < -0.39 is 0 Å². The Morgan fingerprint density at radius 1 is 1.24 bits per heavy atom. The van der Waals surface area contributed by atoms with E-state index >= 15 is 0 Å². The summed E-state index contributed by atoms with van der Waals surface area (Å²) in [7, 11) is 0. The number of hydrogen-bond donors (Lipinski definition) is 2. The highest BCUT2D eigenvalue weighted by Gasteiger charge is 2.07. The molecular formula is C19H18FN3O2. The highest BCUT2D eigenvalue weighted by Crippen LogP contribution is 2.16. The number of carbonyl (C=O) groups is 1. The van der Waals surface area contributed by atoms with Crippen LogP contribution in [-0.2, 0) is 11.2 Å². The number of amides is 1. The predicted molar refractivity (Wildman–Crippen MR) is 95.1 cm³/mol. The van der Waals surface area contributed by atoms with Crippen LogP contribution in [0.5, 0.6) is 0 Å². The Balaban J connectivity index is 1.59. The molecule has 6 heteroatoms. The van der Waals surface area contributed by atoms with Gasteiger partial charge in [0.15, 0.2) is 0 Å². The fourth-order valence-electron chi connectivity index (χ4n) is 2.65. The number of aryl methyl sites for hydroxylation is 2. The molecule has 1 heterocycles. The number of H-pyrrole nitrogens is 1. The maximum Gasteiger partial charge on any atom is 0.258 e. The van der Waals surface area contributed by atoms with Crippen LogP contribution in [0.15, 0.2) is 47.3 Å². The molecule has 0 saturated carbocycles. The van der Waals surface area contributed by atoms with Gasteiger partial charge in [-0.15, -0.1) is 0 Å². The van der Waals surface area contributed by atoms with E-state index in [1.54, 1.807) is 31.2 Å². The largest absolute Gasteiger partial charge is 0.326 e. The number of anilines is 1. The standard InChI is InChI=1S/C19H18FN3O2/c1-12-11-13(20)9-10-15(12)22-18(24)8-4-7-17-21-16-6-3-2-5-14(16)19(25)23-17/h2-3,5-6,9-11H,4,7-8H2,1H3,(H,22,24)(H,21,23,25). The molecule has 3 rings (SSSR count). The van der Waals surface area contributed by atoms with Gasteiger partial charge in [-0.1, -0.05) is 12.1 Å². The lowest BCUT2D eigenvalue weighted by Gasteiger charge is -2.08. The minimum atomic E-state index is -0.332. The number of aromatic amines is 1. The Labute approximate surface area is 143 Å². The molecule has 0 aliphatic heterocycles. The third-order valence-corrected chi connectivity index (χ3v) is 3.94. The summed E-state index contributed by atoms with van der Waals surface area (Å²) >= 11 is 0. The highest BCUT2D eigenvalue weighted by atomic mass is 19.1. The first-order valence-electron chi connectivity index (χ1n) is 8.07. The molecule has 0 aliphatic rings. The third kappa shape index (κ3) is 4.09. The van der Waals surface area contributed by atoms with Gasteiger partial charge in [-0.3, -0.25) is 9.59 Å². The summed E-state index contributed by atoms with van der Waals surface area (Å²) < 4.78 is 13.1. The lowest BCUT2D eigenvalue weighted by molar-refractivity contribution is -0.116. The molecule has 128 valence electrons. The summed E-state index contributed by atoms with van der Waals surface area (Å²) in [6.45, 7) is 1.74. The fraction of sp³-hybridized carbons (Fsp3) is 0.211. The van der Waals surface area contributed by atoms with Gasteiger partial charge >= 0.3 is 0 Å². The summed E-state index contributed by atoms with van der Waals surface area (Å²) in [5.74, 6) is 0.0779. The van der Waals surface area contributed by atoms with Crippen molar-refractivity contribution in [1.82, 2.24) is 9.97 Å². The lowest BCUT2D eigenvalue weighted by Crippen LogP contribution is -2.14. The molecular weight excluding hydrogens is 321 g/mol. The van der Waals surface area contributed by atoms with Crippen molar-refractivity contribution in [2.24, 2.45) is 0 Å². The van der Waals surface area contributed by atoms with E-state index in [2.05, 4.69) is 15.3 Å². The van der Waals surface area contributed by atoms with Crippen molar-refractivity contribution in [3.05, 3.63) is 70.0 Å². The van der Waals surface area contributed by atoms with Gasteiger partial charge < -0.3 is 10.3 Å². The van der Waals surface area contributed by atoms with Crippen LogP contribution in [0.3, 0.4) is 0 Å². The smallest absolute Gasteiger partial charge is 0.258 e. The zero-order valence-corrected chi connectivity index (χ0v) is 13.8. The van der Waals surface area contributed by atoms with Gasteiger partial charge in [-0.25, -0.2) is 9.37 Å². The second kappa shape index (κ2) is 7.25. The van der Waals surface area contributed by atoms with Crippen molar-refractivity contribution in [3.8, 4) is 0 Å². The Bertz CT molecular complexity index is 982. The van der Waals surface area contributed by atoms with Crippen LogP contribution in [0.1, 0.15) is 24.2 Å². The molecule has 0 radical (unpaired) electrons. The van der Waals surface area contributed by atoms with Crippen molar-refractivity contribution in [2.75, 3.05) is 5.32 Å². The topological polar surface area (TPSA) is 74.8 Å². The number of nitrogens with zero attached hydrogens (tertiary/aromatic N) is 1. The number of nitrogens with one attached hydrogen (secondary N) is 2. The highest BCUT2D eigenvalue weighted by molar-refractivity contribution is 5.91. The van der Waals surface area contributed by atoms with E-state index in [-0.39, 0.29) is 23.7 Å². The molecule has 0 saturated heterocycles. The number of carbonyl (C=O) groups excluding carboxylic acids is 1. The van der Waals surface area contributed by atoms with Crippen LogP contribution in [0, 0.1) is 12.7 Å². The van der Waals surface area contributed by atoms with Gasteiger partial charge in [0.25, 0.3) is 5.56 Å². The van der Waals surface area contributed by atoms with Crippen LogP contribution in [0.4, 0.5) is 10.1 Å². The first kappa shape index (κ1) is 16.8. The molecule has 0 aliphatic carbocycles. The van der Waals surface area contributed by atoms with E-state index in [0.29, 0.717) is 40.8 Å². The summed E-state index contributed by atoms with van der Waals surface area (Å²) in [4.78, 5) is 31.2. The Hall–Kier alpha value is -3.02. The van der Waals surface area contributed by atoms with Gasteiger partial charge in [0, 0.05) is 18.5 Å². The molecule has 1 amide bonds. The van der Waals surface area contributed by atoms with Crippen LogP contribution in [0.2, 0.25) is 0 Å². The molecule has 0 bridgehead atoms. The number of rotatable bonds is 5. The fourth-order valence-corrected chi connectivity index (χ4v) is 2.65. The van der Waals surface area contributed by atoms with Crippen molar-refractivity contribution >= 4 is 22.5 Å². The molecule has 0 unspecified atom stereocenters. The summed E-state index contributed by atoms with van der Waals surface area (Å²) in [6.07, 6.45) is 1.33. The lowest BCUT2D eigenvalue weighted by atomic mass is 10.1. The maximum atomic E-state index is 13.1. The van der Waals surface area contributed by atoms with Crippen molar-refractivity contribution in [3.63, 3.8) is 0 Å². The van der Waals surface area contributed by atoms with E-state index in [1.165, 1.54) is 12.1 Å². The van der Waals surface area contributed by atoms with Crippen LogP contribution in [-0.4, -0.2) is 15.9 Å². The van der Waals surface area contributed by atoms with Crippen LogP contribution in [0.25, 0.3) is 10.9 Å². The molecule has 2 aromatic carbocycles. The first-order valence-corrected chi connectivity index (χ1v) is 8.07. The maximum absolute atomic E-state index is 13.1. The monoisotopic (exact) mass is 339 g/mol. The molecule has 0 spiro atoms. The van der Waals surface area contributed by atoms with Gasteiger partial charge in [0.05, 0.1) is 10.9 Å². The van der Waals surface area contributed by atoms with E-state index in [9.17, 15) is 14.0 Å². The van der Waals surface area contributed by atoms with E-state index in [1.807, 2.05) is 6.07 Å². The zero-order chi connectivity index (χ0) is 17.8. The number of para-hydroxylation sites is 1. The number of fused-ring (bicyclic) bond motifs is 1. The third-order valence-electron chi connectivity index (χ3n) is 3.94. The Morgan fingerprint density at radius 3 is 2.84 bits per heavy atom. The predicted octanol–water partition coefficient (Wildman–Crippen LogP) is 3.33. The molecule has 3 aromatic rings. The molecule has 0 atom stereocenters. The average molecular weight is 339 g/mol. The molecule has 2 N–H and O–H groups in total. The normalized spacial score (nSPS) is 10.8. The number of aromatic nitrogens is 2. The number of hydrogen-bond acceptors (Lipinski definition) is 3. The Morgan fingerprint density at radius 2 is 2.04 bits per heavy atom. The molecule has 25 heavy (non-hydrogen) atoms. The second-order valence-electron chi connectivity index (χ2n) is 5.89. The zero-order valence-electron chi connectivity index (χ0n) is 13.8. The number of benzene rings is 2. The minimum Gasteiger partial charge on any atom is -0.326 e. The summed E-state index contributed by atoms with van der Waals surface area (Å²) in [5, 5.41) is 3.32. The van der Waals surface area contributed by atoms with Gasteiger partial charge in [-0.05, 0) is 49.2 Å². The van der Waals surface area contributed by atoms with Crippen LogP contribution >= 0.6 is 0 Å². The summed E-state index contributed by atoms with van der Waals surface area (Å²) in [6, 6.07) is 11.4.